The van der Waals surface area contributed by atoms with Crippen LogP contribution in [0.3, 0.4) is 0 Å². The van der Waals surface area contributed by atoms with E-state index in [0.717, 1.165) is 34.1 Å². The first-order valence-electron chi connectivity index (χ1n) is 13.5. The zero-order valence-corrected chi connectivity index (χ0v) is 22.2. The second-order valence-corrected chi connectivity index (χ2v) is 10.9. The molecule has 1 aliphatic carbocycles. The van der Waals surface area contributed by atoms with Gasteiger partial charge >= 0.3 is 0 Å². The Morgan fingerprint density at radius 1 is 0.524 bits per heavy atom. The van der Waals surface area contributed by atoms with Gasteiger partial charge in [-0.1, -0.05) is 30.3 Å². The summed E-state index contributed by atoms with van der Waals surface area (Å²) in [5, 5.41) is 53.1. The Morgan fingerprint density at radius 2 is 1.17 bits per heavy atom. The summed E-state index contributed by atoms with van der Waals surface area (Å²) in [6.45, 7) is 0. The fourth-order valence-electron chi connectivity index (χ4n) is 6.69. The van der Waals surface area contributed by atoms with Crippen LogP contribution in [0.2, 0.25) is 0 Å². The average Bonchev–Trinajstić information content (AvgIpc) is 3.31. The van der Waals surface area contributed by atoms with E-state index < -0.39 is 23.9 Å². The topological polar surface area (TPSA) is 127 Å². The first kappa shape index (κ1) is 25.5. The fourth-order valence-corrected chi connectivity index (χ4v) is 6.69. The third-order valence-corrected chi connectivity index (χ3v) is 8.43. The van der Waals surface area contributed by atoms with Crippen molar-refractivity contribution in [1.29, 1.82) is 0 Å². The Kier molecular flexibility index (Phi) is 5.83. The molecule has 7 heteroatoms. The molecule has 208 valence electrons. The lowest BCUT2D eigenvalue weighted by molar-refractivity contribution is 0.112. The maximum absolute atomic E-state index is 11.9. The van der Waals surface area contributed by atoms with Crippen LogP contribution in [0.5, 0.6) is 34.5 Å². The average molecular weight is 559 g/mol. The van der Waals surface area contributed by atoms with Gasteiger partial charge in [-0.25, -0.2) is 0 Å². The molecule has 5 aromatic carbocycles. The van der Waals surface area contributed by atoms with Gasteiger partial charge < -0.3 is 30.3 Å². The molecule has 0 fully saturated rings. The Hall–Kier alpha value is -5.43. The number of ether oxygens (including phenoxy) is 1. The van der Waals surface area contributed by atoms with Crippen LogP contribution in [0.15, 0.2) is 97.1 Å². The minimum atomic E-state index is -0.606. The van der Waals surface area contributed by atoms with Crippen LogP contribution >= 0.6 is 0 Å². The van der Waals surface area contributed by atoms with Gasteiger partial charge in [-0.05, 0) is 88.5 Å². The number of rotatable bonds is 4. The van der Waals surface area contributed by atoms with E-state index >= 15 is 0 Å². The number of phenols is 5. The van der Waals surface area contributed by atoms with Gasteiger partial charge in [0.2, 0.25) is 0 Å². The summed E-state index contributed by atoms with van der Waals surface area (Å²) in [7, 11) is 0. The summed E-state index contributed by atoms with van der Waals surface area (Å²) in [5.41, 5.74) is 5.61. The van der Waals surface area contributed by atoms with Crippen molar-refractivity contribution in [3.05, 3.63) is 142 Å². The van der Waals surface area contributed by atoms with Crippen molar-refractivity contribution < 1.29 is 35.1 Å². The predicted octanol–water partition coefficient (Wildman–Crippen LogP) is 6.57. The molecule has 0 bridgehead atoms. The van der Waals surface area contributed by atoms with Gasteiger partial charge in [-0.2, -0.15) is 0 Å². The molecule has 0 radical (unpaired) electrons. The molecule has 0 unspecified atom stereocenters. The number of hydrogen-bond donors (Lipinski definition) is 5. The second-order valence-electron chi connectivity index (χ2n) is 10.9. The number of aldehydes is 1. The van der Waals surface area contributed by atoms with E-state index in [4.69, 9.17) is 4.74 Å². The molecule has 42 heavy (non-hydrogen) atoms. The standard InChI is InChI=1S/C35H26O7/c36-17-18-1-12-29(41)27(13-18)32-28-15-24(40)16-30-33(28)34(35(42-30)20-4-8-22(38)9-5-20)26-14-23(39)10-11-25(26)31(32)19-2-6-21(37)7-3-19/h1-17,31-32,34-35,37-41H/t31-,32-,34-,35+/m0/s1. The normalized spacial score (nSPS) is 20.2. The van der Waals surface area contributed by atoms with Crippen molar-refractivity contribution in [3.8, 4) is 34.5 Å². The molecule has 4 atom stereocenters. The maximum atomic E-state index is 11.9. The van der Waals surface area contributed by atoms with Crippen LogP contribution in [-0.2, 0) is 0 Å². The molecule has 0 aromatic heterocycles. The van der Waals surface area contributed by atoms with Crippen molar-refractivity contribution in [2.24, 2.45) is 0 Å². The van der Waals surface area contributed by atoms with Crippen molar-refractivity contribution in [2.75, 3.05) is 0 Å². The molecule has 0 amide bonds. The van der Waals surface area contributed by atoms with Crippen LogP contribution in [0, 0.1) is 0 Å². The highest BCUT2D eigenvalue weighted by atomic mass is 16.5. The van der Waals surface area contributed by atoms with Crippen LogP contribution in [0.4, 0.5) is 0 Å². The third-order valence-electron chi connectivity index (χ3n) is 8.43. The van der Waals surface area contributed by atoms with E-state index in [1.54, 1.807) is 72.8 Å². The first-order valence-corrected chi connectivity index (χ1v) is 13.5. The van der Waals surface area contributed by atoms with Crippen LogP contribution in [0.25, 0.3) is 0 Å². The zero-order chi connectivity index (χ0) is 29.1. The highest BCUT2D eigenvalue weighted by Crippen LogP contribution is 2.61. The molecule has 0 saturated heterocycles. The van der Waals surface area contributed by atoms with Gasteiger partial charge in [0, 0.05) is 34.6 Å². The van der Waals surface area contributed by atoms with E-state index in [1.165, 1.54) is 6.07 Å². The van der Waals surface area contributed by atoms with E-state index in [9.17, 15) is 30.3 Å². The zero-order valence-electron chi connectivity index (χ0n) is 22.2. The molecule has 1 aliphatic heterocycles. The molecule has 7 nitrogen and oxygen atoms in total. The predicted molar refractivity (Wildman–Crippen MR) is 155 cm³/mol. The molecule has 2 aliphatic rings. The second kappa shape index (κ2) is 9.59. The van der Waals surface area contributed by atoms with Gasteiger partial charge in [0.25, 0.3) is 0 Å². The van der Waals surface area contributed by atoms with Crippen molar-refractivity contribution >= 4 is 6.29 Å². The van der Waals surface area contributed by atoms with E-state index in [2.05, 4.69) is 0 Å². The van der Waals surface area contributed by atoms with Crippen LogP contribution in [-0.4, -0.2) is 31.8 Å². The minimum Gasteiger partial charge on any atom is -0.508 e. The summed E-state index contributed by atoms with van der Waals surface area (Å²) < 4.78 is 6.53. The van der Waals surface area contributed by atoms with Gasteiger partial charge in [0.15, 0.2) is 0 Å². The number of aromatic hydroxyl groups is 5. The number of fused-ring (bicyclic) bond motifs is 2. The first-order chi connectivity index (χ1) is 20.3. The molecule has 1 heterocycles. The largest absolute Gasteiger partial charge is 0.508 e. The Bertz CT molecular complexity index is 1840. The third kappa shape index (κ3) is 4.01. The molecule has 5 aromatic rings. The Balaban J connectivity index is 1.60. The van der Waals surface area contributed by atoms with Crippen molar-refractivity contribution in [3.63, 3.8) is 0 Å². The number of benzene rings is 5. The van der Waals surface area contributed by atoms with Gasteiger partial charge in [-0.15, -0.1) is 0 Å². The van der Waals surface area contributed by atoms with Crippen LogP contribution in [0.1, 0.15) is 73.2 Å². The highest BCUT2D eigenvalue weighted by Gasteiger charge is 2.47. The summed E-state index contributed by atoms with van der Waals surface area (Å²) >= 11 is 0. The monoisotopic (exact) mass is 558 g/mol. The Labute approximate surface area is 241 Å². The lowest BCUT2D eigenvalue weighted by Gasteiger charge is -2.30. The smallest absolute Gasteiger partial charge is 0.150 e. The van der Waals surface area contributed by atoms with Crippen molar-refractivity contribution in [2.45, 2.75) is 23.9 Å². The number of phenolic OH excluding ortho intramolecular Hbond substituents is 5. The Morgan fingerprint density at radius 3 is 1.86 bits per heavy atom. The maximum Gasteiger partial charge on any atom is 0.150 e. The van der Waals surface area contributed by atoms with Gasteiger partial charge in [-0.3, -0.25) is 4.79 Å². The van der Waals surface area contributed by atoms with E-state index in [-0.39, 0.29) is 28.7 Å². The lowest BCUT2D eigenvalue weighted by Crippen LogP contribution is -2.16. The summed E-state index contributed by atoms with van der Waals surface area (Å²) in [6, 6.07) is 26.7. The molecular formula is C35H26O7. The van der Waals surface area contributed by atoms with E-state index in [0.29, 0.717) is 22.4 Å². The molecule has 0 saturated carbocycles. The lowest BCUT2D eigenvalue weighted by atomic mass is 9.73. The fraction of sp³-hybridized carbons (Fsp3) is 0.114. The van der Waals surface area contributed by atoms with Gasteiger partial charge in [0.05, 0.1) is 5.92 Å². The molecular weight excluding hydrogens is 532 g/mol. The molecule has 5 N–H and O–H groups in total. The van der Waals surface area contributed by atoms with Crippen molar-refractivity contribution in [1.82, 2.24) is 0 Å². The molecule has 0 spiro atoms. The highest BCUT2D eigenvalue weighted by molar-refractivity contribution is 5.76. The summed E-state index contributed by atoms with van der Waals surface area (Å²) in [6.07, 6.45) is 0.164. The number of hydrogen-bond acceptors (Lipinski definition) is 7. The number of carbonyl (C=O) groups is 1. The number of carbonyl (C=O) groups excluding carboxylic acids is 1. The quantitative estimate of drug-likeness (QED) is 0.158. The summed E-state index contributed by atoms with van der Waals surface area (Å²) in [5.74, 6) is -0.793. The molecule has 7 rings (SSSR count). The minimum absolute atomic E-state index is 0.0146. The summed E-state index contributed by atoms with van der Waals surface area (Å²) in [4.78, 5) is 11.9. The van der Waals surface area contributed by atoms with Crippen LogP contribution < -0.4 is 4.74 Å². The van der Waals surface area contributed by atoms with Gasteiger partial charge in [0.1, 0.15) is 46.9 Å². The SMILES string of the molecule is O=Cc1ccc(O)c([C@H]2c3cc(O)cc4c3[C@H](c3cc(O)ccc3[C@@H]2c2ccc(O)cc2)[C@@H](c2ccc(O)cc2)O4)c1. The van der Waals surface area contributed by atoms with E-state index in [1.807, 2.05) is 18.2 Å².